The monoisotopic (exact) mass is 365 g/mol. The number of halogens is 3. The normalized spacial score (nSPS) is 13.8. The van der Waals surface area contributed by atoms with E-state index in [1.54, 1.807) is 19.0 Å². The molecule has 1 aromatic carbocycles. The number of hydrogen-bond donors (Lipinski definition) is 1. The van der Waals surface area contributed by atoms with Crippen LogP contribution in [0, 0.1) is 17.5 Å². The summed E-state index contributed by atoms with van der Waals surface area (Å²) in [5.41, 5.74) is -0.357. The summed E-state index contributed by atoms with van der Waals surface area (Å²) in [6, 6.07) is 1.59. The first-order valence-corrected chi connectivity index (χ1v) is 8.12. The molecule has 6 nitrogen and oxygen atoms in total. The molecule has 1 aliphatic rings. The summed E-state index contributed by atoms with van der Waals surface area (Å²) in [5.74, 6) is -4.52. The Morgan fingerprint density at radius 1 is 1.15 bits per heavy atom. The maximum absolute atomic E-state index is 13.8. The van der Waals surface area contributed by atoms with Gasteiger partial charge in [0.05, 0.1) is 11.8 Å². The predicted molar refractivity (Wildman–Crippen MR) is 92.1 cm³/mol. The summed E-state index contributed by atoms with van der Waals surface area (Å²) >= 11 is 0. The van der Waals surface area contributed by atoms with E-state index in [2.05, 4.69) is 15.3 Å². The maximum atomic E-state index is 13.8. The number of carbonyl (C=O) groups excluding carboxylic acids is 1. The molecule has 0 atom stereocenters. The molecule has 3 rings (SSSR count). The average molecular weight is 365 g/mol. The SMILES string of the molecule is CN(C)c1nc(N2CCCC2)ncc1NC(=O)c1ccc(F)c(F)c1F. The zero-order valence-electron chi connectivity index (χ0n) is 14.4. The fraction of sp³-hybridized carbons (Fsp3) is 0.353. The predicted octanol–water partition coefficient (Wildman–Crippen LogP) is 2.81. The second-order valence-corrected chi connectivity index (χ2v) is 6.17. The third-order valence-electron chi connectivity index (χ3n) is 4.10. The average Bonchev–Trinajstić information content (AvgIpc) is 3.14. The van der Waals surface area contributed by atoms with Crippen molar-refractivity contribution in [3.05, 3.63) is 41.3 Å². The number of carbonyl (C=O) groups is 1. The molecule has 138 valence electrons. The van der Waals surface area contributed by atoms with Gasteiger partial charge in [0.15, 0.2) is 23.3 Å². The minimum Gasteiger partial charge on any atom is -0.361 e. The molecule has 1 aliphatic heterocycles. The van der Waals surface area contributed by atoms with Crippen molar-refractivity contribution in [1.82, 2.24) is 9.97 Å². The van der Waals surface area contributed by atoms with Gasteiger partial charge in [0.25, 0.3) is 5.91 Å². The number of anilines is 3. The maximum Gasteiger partial charge on any atom is 0.258 e. The molecule has 0 aliphatic carbocycles. The van der Waals surface area contributed by atoms with Crippen LogP contribution < -0.4 is 15.1 Å². The lowest BCUT2D eigenvalue weighted by atomic mass is 10.2. The van der Waals surface area contributed by atoms with Gasteiger partial charge in [-0.1, -0.05) is 0 Å². The largest absolute Gasteiger partial charge is 0.361 e. The molecule has 2 aromatic rings. The topological polar surface area (TPSA) is 61.4 Å². The third-order valence-corrected chi connectivity index (χ3v) is 4.10. The highest BCUT2D eigenvalue weighted by Gasteiger charge is 2.22. The lowest BCUT2D eigenvalue weighted by Crippen LogP contribution is -2.24. The van der Waals surface area contributed by atoms with Gasteiger partial charge >= 0.3 is 0 Å². The summed E-state index contributed by atoms with van der Waals surface area (Å²) < 4.78 is 40.2. The molecule has 26 heavy (non-hydrogen) atoms. The van der Waals surface area contributed by atoms with Gasteiger partial charge in [-0.2, -0.15) is 4.98 Å². The van der Waals surface area contributed by atoms with Gasteiger partial charge in [0, 0.05) is 27.2 Å². The van der Waals surface area contributed by atoms with E-state index in [0.717, 1.165) is 32.0 Å². The Morgan fingerprint density at radius 3 is 2.50 bits per heavy atom. The quantitative estimate of drug-likeness (QED) is 0.845. The molecule has 1 aromatic heterocycles. The van der Waals surface area contributed by atoms with Crippen LogP contribution in [0.1, 0.15) is 23.2 Å². The standard InChI is InChI=1S/C17H18F3N5O/c1-24(2)15-12(9-21-17(23-15)25-7-3-4-8-25)22-16(26)10-5-6-11(18)14(20)13(10)19/h5-6,9H,3-4,7-8H2,1-2H3,(H,22,26). The van der Waals surface area contributed by atoms with Crippen LogP contribution in [0.2, 0.25) is 0 Å². The van der Waals surface area contributed by atoms with Gasteiger partial charge in [-0.15, -0.1) is 0 Å². The fourth-order valence-electron chi connectivity index (χ4n) is 2.75. The van der Waals surface area contributed by atoms with Gasteiger partial charge in [-0.05, 0) is 25.0 Å². The molecule has 0 bridgehead atoms. The summed E-state index contributed by atoms with van der Waals surface area (Å²) in [4.78, 5) is 24.7. The van der Waals surface area contributed by atoms with Crippen molar-refractivity contribution in [3.8, 4) is 0 Å². The molecule has 9 heteroatoms. The van der Waals surface area contributed by atoms with E-state index in [9.17, 15) is 18.0 Å². The molecular formula is C17H18F3N5O. The molecular weight excluding hydrogens is 347 g/mol. The van der Waals surface area contributed by atoms with Crippen LogP contribution in [-0.2, 0) is 0 Å². The molecule has 0 spiro atoms. The van der Waals surface area contributed by atoms with Crippen LogP contribution >= 0.6 is 0 Å². The number of amides is 1. The van der Waals surface area contributed by atoms with Gasteiger partial charge in [0.2, 0.25) is 5.95 Å². The fourth-order valence-corrected chi connectivity index (χ4v) is 2.75. The van der Waals surface area contributed by atoms with Gasteiger partial charge < -0.3 is 15.1 Å². The van der Waals surface area contributed by atoms with Crippen molar-refractivity contribution in [2.75, 3.05) is 42.3 Å². The van der Waals surface area contributed by atoms with E-state index in [-0.39, 0.29) is 5.69 Å². The number of nitrogens with one attached hydrogen (secondary N) is 1. The summed E-state index contributed by atoms with van der Waals surface area (Å²) in [7, 11) is 3.48. The highest BCUT2D eigenvalue weighted by molar-refractivity contribution is 6.05. The number of benzene rings is 1. The van der Waals surface area contributed by atoms with Crippen LogP contribution in [0.4, 0.5) is 30.6 Å². The van der Waals surface area contributed by atoms with Crippen molar-refractivity contribution >= 4 is 23.4 Å². The Kier molecular flexibility index (Phi) is 4.97. The van der Waals surface area contributed by atoms with Gasteiger partial charge in [-0.3, -0.25) is 4.79 Å². The number of nitrogens with zero attached hydrogens (tertiary/aromatic N) is 4. The van der Waals surface area contributed by atoms with Gasteiger partial charge in [0.1, 0.15) is 5.69 Å². The van der Waals surface area contributed by atoms with Crippen molar-refractivity contribution in [2.24, 2.45) is 0 Å². The van der Waals surface area contributed by atoms with Crippen molar-refractivity contribution < 1.29 is 18.0 Å². The Balaban J connectivity index is 1.89. The van der Waals surface area contributed by atoms with Crippen LogP contribution in [0.5, 0.6) is 0 Å². The second-order valence-electron chi connectivity index (χ2n) is 6.17. The van der Waals surface area contributed by atoms with E-state index >= 15 is 0 Å². The molecule has 0 saturated carbocycles. The molecule has 1 N–H and O–H groups in total. The van der Waals surface area contributed by atoms with Crippen LogP contribution in [0.3, 0.4) is 0 Å². The molecule has 0 radical (unpaired) electrons. The van der Waals surface area contributed by atoms with E-state index in [0.29, 0.717) is 17.8 Å². The van der Waals surface area contributed by atoms with Crippen molar-refractivity contribution in [2.45, 2.75) is 12.8 Å². The highest BCUT2D eigenvalue weighted by atomic mass is 19.2. The molecule has 1 saturated heterocycles. The van der Waals surface area contributed by atoms with Crippen LogP contribution in [-0.4, -0.2) is 43.1 Å². The minimum atomic E-state index is -1.69. The Hall–Kier alpha value is -2.84. The summed E-state index contributed by atoms with van der Waals surface area (Å²) in [6.07, 6.45) is 3.55. The first-order valence-electron chi connectivity index (χ1n) is 8.12. The Labute approximate surface area is 148 Å². The molecule has 2 heterocycles. The summed E-state index contributed by atoms with van der Waals surface area (Å²) in [6.45, 7) is 1.72. The van der Waals surface area contributed by atoms with Crippen molar-refractivity contribution in [3.63, 3.8) is 0 Å². The zero-order valence-corrected chi connectivity index (χ0v) is 14.4. The van der Waals surface area contributed by atoms with Crippen LogP contribution in [0.15, 0.2) is 18.3 Å². The van der Waals surface area contributed by atoms with E-state index in [4.69, 9.17) is 0 Å². The molecule has 0 unspecified atom stereocenters. The number of hydrogen-bond acceptors (Lipinski definition) is 5. The van der Waals surface area contributed by atoms with E-state index in [1.807, 2.05) is 4.90 Å². The highest BCUT2D eigenvalue weighted by Crippen LogP contribution is 2.26. The Bertz CT molecular complexity index is 837. The number of aromatic nitrogens is 2. The second kappa shape index (κ2) is 7.19. The van der Waals surface area contributed by atoms with Gasteiger partial charge in [-0.25, -0.2) is 18.2 Å². The number of rotatable bonds is 4. The lowest BCUT2D eigenvalue weighted by Gasteiger charge is -2.21. The first-order chi connectivity index (χ1) is 12.4. The van der Waals surface area contributed by atoms with E-state index in [1.165, 1.54) is 6.20 Å². The van der Waals surface area contributed by atoms with Crippen molar-refractivity contribution in [1.29, 1.82) is 0 Å². The lowest BCUT2D eigenvalue weighted by molar-refractivity contribution is 0.102. The summed E-state index contributed by atoms with van der Waals surface area (Å²) in [5, 5.41) is 2.46. The minimum absolute atomic E-state index is 0.243. The van der Waals surface area contributed by atoms with Crippen LogP contribution in [0.25, 0.3) is 0 Å². The van der Waals surface area contributed by atoms with E-state index < -0.39 is 28.9 Å². The Morgan fingerprint density at radius 2 is 1.85 bits per heavy atom. The first kappa shape index (κ1) is 18.0. The smallest absolute Gasteiger partial charge is 0.258 e. The third kappa shape index (κ3) is 3.42. The molecule has 1 amide bonds. The molecule has 1 fully saturated rings. The zero-order chi connectivity index (χ0) is 18.8.